The Morgan fingerprint density at radius 2 is 2.00 bits per heavy atom. The molecule has 2 nitrogen and oxygen atoms in total. The molecule has 0 aromatic heterocycles. The number of hydrogen-bond acceptors (Lipinski definition) is 2. The zero-order valence-corrected chi connectivity index (χ0v) is 10.9. The molecule has 110 valence electrons. The molecule has 0 bridgehead atoms. The first-order chi connectivity index (χ1) is 9.24. The number of rotatable bonds is 2. The predicted molar refractivity (Wildman–Crippen MR) is 63.9 cm³/mol. The van der Waals surface area contributed by atoms with Crippen LogP contribution in [0.5, 0.6) is 0 Å². The van der Waals surface area contributed by atoms with Crippen molar-refractivity contribution in [1.82, 2.24) is 0 Å². The second-order valence-corrected chi connectivity index (χ2v) is 5.06. The van der Waals surface area contributed by atoms with Gasteiger partial charge in [0.1, 0.15) is 11.4 Å². The zero-order chi connectivity index (χ0) is 15.0. The van der Waals surface area contributed by atoms with E-state index in [2.05, 4.69) is 0 Å². The predicted octanol–water partition coefficient (Wildman–Crippen LogP) is 3.99. The van der Waals surface area contributed by atoms with Gasteiger partial charge in [-0.05, 0) is 38.3 Å². The minimum absolute atomic E-state index is 0.0973. The van der Waals surface area contributed by atoms with E-state index in [1.165, 1.54) is 0 Å². The second kappa shape index (κ2) is 5.16. The van der Waals surface area contributed by atoms with Gasteiger partial charge in [-0.2, -0.15) is 13.2 Å². The lowest BCUT2D eigenvalue weighted by atomic mass is 9.87. The molecule has 1 aromatic carbocycles. The second-order valence-electron chi connectivity index (χ2n) is 5.06. The van der Waals surface area contributed by atoms with Gasteiger partial charge in [0.15, 0.2) is 5.78 Å². The summed E-state index contributed by atoms with van der Waals surface area (Å²) in [6.45, 7) is 2.01. The summed E-state index contributed by atoms with van der Waals surface area (Å²) in [5, 5.41) is 0. The highest BCUT2D eigenvalue weighted by molar-refractivity contribution is 6.02. The van der Waals surface area contributed by atoms with E-state index >= 15 is 0 Å². The molecule has 1 unspecified atom stereocenters. The van der Waals surface area contributed by atoms with Crippen LogP contribution in [0.1, 0.15) is 42.1 Å². The van der Waals surface area contributed by atoms with Gasteiger partial charge in [0.2, 0.25) is 0 Å². The number of halogens is 4. The molecule has 0 saturated carbocycles. The van der Waals surface area contributed by atoms with Crippen molar-refractivity contribution in [2.75, 3.05) is 6.61 Å². The first-order valence-electron chi connectivity index (χ1n) is 6.29. The van der Waals surface area contributed by atoms with Gasteiger partial charge < -0.3 is 4.74 Å². The van der Waals surface area contributed by atoms with Gasteiger partial charge in [-0.3, -0.25) is 4.79 Å². The number of carbonyl (C=O) groups is 1. The molecule has 6 heteroatoms. The van der Waals surface area contributed by atoms with Crippen LogP contribution in [0.2, 0.25) is 0 Å². The highest BCUT2D eigenvalue weighted by Gasteiger charge is 2.38. The highest BCUT2D eigenvalue weighted by Crippen LogP contribution is 2.33. The maximum atomic E-state index is 13.5. The van der Waals surface area contributed by atoms with Crippen molar-refractivity contribution in [3.63, 3.8) is 0 Å². The van der Waals surface area contributed by atoms with E-state index < -0.39 is 28.9 Å². The molecule has 0 spiro atoms. The van der Waals surface area contributed by atoms with E-state index in [9.17, 15) is 22.4 Å². The summed E-state index contributed by atoms with van der Waals surface area (Å²) in [7, 11) is 0. The van der Waals surface area contributed by atoms with Crippen molar-refractivity contribution in [2.24, 2.45) is 0 Å². The molecule has 1 aliphatic heterocycles. The van der Waals surface area contributed by atoms with Crippen LogP contribution in [-0.4, -0.2) is 18.0 Å². The molecular formula is C14H14F4O2. The lowest BCUT2D eigenvalue weighted by Crippen LogP contribution is -2.41. The van der Waals surface area contributed by atoms with E-state index in [0.717, 1.165) is 18.9 Å². The Morgan fingerprint density at radius 3 is 2.50 bits per heavy atom. The quantitative estimate of drug-likeness (QED) is 0.608. The average Bonchev–Trinajstić information content (AvgIpc) is 2.37. The molecule has 1 heterocycles. The molecule has 0 amide bonds. The third kappa shape index (κ3) is 2.85. The van der Waals surface area contributed by atoms with Crippen LogP contribution < -0.4 is 0 Å². The Kier molecular flexibility index (Phi) is 3.86. The third-order valence-electron chi connectivity index (χ3n) is 3.49. The summed E-state index contributed by atoms with van der Waals surface area (Å²) in [5.74, 6) is -1.92. The minimum Gasteiger partial charge on any atom is -0.367 e. The van der Waals surface area contributed by atoms with Crippen LogP contribution in [0.4, 0.5) is 17.6 Å². The van der Waals surface area contributed by atoms with E-state index in [1.807, 2.05) is 0 Å². The molecule has 2 rings (SSSR count). The fourth-order valence-electron chi connectivity index (χ4n) is 2.30. The van der Waals surface area contributed by atoms with Gasteiger partial charge in [0.25, 0.3) is 0 Å². The van der Waals surface area contributed by atoms with Crippen molar-refractivity contribution in [2.45, 2.75) is 38.0 Å². The number of alkyl halides is 3. The van der Waals surface area contributed by atoms with E-state index in [4.69, 9.17) is 4.74 Å². The van der Waals surface area contributed by atoms with Gasteiger partial charge in [-0.15, -0.1) is 0 Å². The number of benzene rings is 1. The Balaban J connectivity index is 2.30. The topological polar surface area (TPSA) is 26.3 Å². The van der Waals surface area contributed by atoms with Crippen molar-refractivity contribution in [1.29, 1.82) is 0 Å². The molecule has 20 heavy (non-hydrogen) atoms. The first kappa shape index (κ1) is 15.0. The fraction of sp³-hybridized carbons (Fsp3) is 0.500. The largest absolute Gasteiger partial charge is 0.419 e. The number of hydrogen-bond donors (Lipinski definition) is 0. The molecule has 1 aliphatic rings. The average molecular weight is 290 g/mol. The molecule has 1 fully saturated rings. The Hall–Kier alpha value is -1.43. The van der Waals surface area contributed by atoms with Crippen LogP contribution in [0.15, 0.2) is 18.2 Å². The van der Waals surface area contributed by atoms with Gasteiger partial charge >= 0.3 is 6.18 Å². The summed E-state index contributed by atoms with van der Waals surface area (Å²) < 4.78 is 56.3. The summed E-state index contributed by atoms with van der Waals surface area (Å²) in [6, 6.07) is 2.22. The summed E-state index contributed by atoms with van der Waals surface area (Å²) in [5.41, 5.74) is -2.55. The normalized spacial score (nSPS) is 23.6. The van der Waals surface area contributed by atoms with Crippen molar-refractivity contribution < 1.29 is 27.1 Å². The monoisotopic (exact) mass is 290 g/mol. The number of ether oxygens (including phenoxy) is 1. The standard InChI is InChI=1S/C14H14F4O2/c1-13(6-2-3-7-20-13)12(19)9-4-5-10(11(15)8-9)14(16,17)18/h4-5,8H,2-3,6-7H2,1H3. The van der Waals surface area contributed by atoms with E-state index in [1.54, 1.807) is 6.92 Å². The minimum atomic E-state index is -4.77. The van der Waals surface area contributed by atoms with Crippen molar-refractivity contribution in [3.8, 4) is 0 Å². The molecular weight excluding hydrogens is 276 g/mol. The smallest absolute Gasteiger partial charge is 0.367 e. The van der Waals surface area contributed by atoms with Crippen LogP contribution in [-0.2, 0) is 10.9 Å². The van der Waals surface area contributed by atoms with Crippen LogP contribution >= 0.6 is 0 Å². The lowest BCUT2D eigenvalue weighted by Gasteiger charge is -2.32. The summed E-state index contributed by atoms with van der Waals surface area (Å²) >= 11 is 0. The zero-order valence-electron chi connectivity index (χ0n) is 10.9. The molecule has 0 N–H and O–H groups in total. The lowest BCUT2D eigenvalue weighted by molar-refractivity contribution is -0.140. The molecule has 0 radical (unpaired) electrons. The van der Waals surface area contributed by atoms with E-state index in [0.29, 0.717) is 25.2 Å². The van der Waals surface area contributed by atoms with E-state index in [-0.39, 0.29) is 5.56 Å². The Morgan fingerprint density at radius 1 is 1.30 bits per heavy atom. The van der Waals surface area contributed by atoms with Gasteiger partial charge in [0.05, 0.1) is 5.56 Å². The SMILES string of the molecule is CC1(C(=O)c2ccc(C(F)(F)F)c(F)c2)CCCCO1. The van der Waals surface area contributed by atoms with Crippen LogP contribution in [0, 0.1) is 5.82 Å². The number of ketones is 1. The number of Topliss-reactive ketones (excluding diaryl/α,β-unsaturated/α-hetero) is 1. The fourth-order valence-corrected chi connectivity index (χ4v) is 2.30. The number of carbonyl (C=O) groups excluding carboxylic acids is 1. The van der Waals surface area contributed by atoms with Crippen LogP contribution in [0.25, 0.3) is 0 Å². The third-order valence-corrected chi connectivity index (χ3v) is 3.49. The van der Waals surface area contributed by atoms with Gasteiger partial charge in [-0.1, -0.05) is 6.07 Å². The Bertz CT molecular complexity index is 516. The molecule has 0 aliphatic carbocycles. The maximum Gasteiger partial charge on any atom is 0.419 e. The van der Waals surface area contributed by atoms with Gasteiger partial charge in [0, 0.05) is 12.2 Å². The van der Waals surface area contributed by atoms with Crippen molar-refractivity contribution >= 4 is 5.78 Å². The van der Waals surface area contributed by atoms with Crippen molar-refractivity contribution in [3.05, 3.63) is 35.1 Å². The maximum absolute atomic E-state index is 13.5. The highest BCUT2D eigenvalue weighted by atomic mass is 19.4. The van der Waals surface area contributed by atoms with Crippen LogP contribution in [0.3, 0.4) is 0 Å². The molecule has 1 atom stereocenters. The molecule has 1 saturated heterocycles. The molecule has 1 aromatic rings. The summed E-state index contributed by atoms with van der Waals surface area (Å²) in [4.78, 5) is 12.3. The Labute approximate surface area is 113 Å². The van der Waals surface area contributed by atoms with Gasteiger partial charge in [-0.25, -0.2) is 4.39 Å². The first-order valence-corrected chi connectivity index (χ1v) is 6.29. The summed E-state index contributed by atoms with van der Waals surface area (Å²) in [6.07, 6.45) is -2.65.